The molecule has 5 aromatic carbocycles. The van der Waals surface area contributed by atoms with Gasteiger partial charge in [-0.3, -0.25) is 14.4 Å². The molecule has 0 aliphatic heterocycles. The first-order valence-corrected chi connectivity index (χ1v) is 16.4. The number of aryl methyl sites for hydroxylation is 1. The van der Waals surface area contributed by atoms with Crippen molar-refractivity contribution in [3.05, 3.63) is 164 Å². The van der Waals surface area contributed by atoms with E-state index in [4.69, 9.17) is 34.8 Å². The van der Waals surface area contributed by atoms with E-state index in [2.05, 4.69) is 16.0 Å². The lowest BCUT2D eigenvalue weighted by molar-refractivity contribution is -0.116. The highest BCUT2D eigenvalue weighted by Gasteiger charge is 2.23. The second kappa shape index (κ2) is 15.8. The quantitative estimate of drug-likeness (QED) is 0.100. The Labute approximate surface area is 292 Å². The van der Waals surface area contributed by atoms with Crippen LogP contribution in [0.1, 0.15) is 32.3 Å². The van der Waals surface area contributed by atoms with Crippen molar-refractivity contribution in [1.82, 2.24) is 5.32 Å². The minimum Gasteiger partial charge on any atom is -0.325 e. The van der Waals surface area contributed by atoms with Gasteiger partial charge in [-0.15, -0.1) is 11.8 Å². The molecule has 1 atom stereocenters. The standard InChI is InChI=1S/C37H28Cl3N3O3S/c1-23-12-15-29(22-31(23)39)42-37(46)34(24-8-4-2-5-9-24)47-30-18-16-28(17-19-30)41-36(45)33(20-26-13-14-27(38)21-32(26)40)43-35(44)25-10-6-3-7-11-25/h2-22,34H,1H3,(H,41,45)(H,42,46)(H,43,44)/b33-20-. The highest BCUT2D eigenvalue weighted by Crippen LogP contribution is 2.37. The molecule has 3 N–H and O–H groups in total. The van der Waals surface area contributed by atoms with Gasteiger partial charge in [0.2, 0.25) is 5.91 Å². The average molecular weight is 701 g/mol. The second-order valence-corrected chi connectivity index (χ2v) is 12.8. The number of anilines is 2. The Balaban J connectivity index is 1.34. The number of nitrogens with one attached hydrogen (secondary N) is 3. The van der Waals surface area contributed by atoms with E-state index in [1.807, 2.05) is 61.5 Å². The maximum atomic E-state index is 13.5. The maximum absolute atomic E-state index is 13.5. The summed E-state index contributed by atoms with van der Waals surface area (Å²) in [7, 11) is 0. The lowest BCUT2D eigenvalue weighted by Gasteiger charge is -2.18. The van der Waals surface area contributed by atoms with Crippen LogP contribution < -0.4 is 16.0 Å². The van der Waals surface area contributed by atoms with Crippen molar-refractivity contribution in [2.75, 3.05) is 10.6 Å². The summed E-state index contributed by atoms with van der Waals surface area (Å²) in [4.78, 5) is 40.8. The highest BCUT2D eigenvalue weighted by molar-refractivity contribution is 8.00. The second-order valence-electron chi connectivity index (χ2n) is 10.4. The molecule has 10 heteroatoms. The smallest absolute Gasteiger partial charge is 0.272 e. The summed E-state index contributed by atoms with van der Waals surface area (Å²) in [6.45, 7) is 1.90. The summed E-state index contributed by atoms with van der Waals surface area (Å²) in [5.41, 5.74) is 3.70. The third-order valence-corrected chi connectivity index (χ3v) is 9.17. The van der Waals surface area contributed by atoms with Crippen LogP contribution in [0.15, 0.2) is 132 Å². The third-order valence-electron chi connectivity index (χ3n) is 6.94. The Morgan fingerprint density at radius 1 is 0.702 bits per heavy atom. The molecule has 1 unspecified atom stereocenters. The van der Waals surface area contributed by atoms with Gasteiger partial charge in [-0.05, 0) is 90.4 Å². The predicted molar refractivity (Wildman–Crippen MR) is 193 cm³/mol. The topological polar surface area (TPSA) is 87.3 Å². The van der Waals surface area contributed by atoms with Crippen molar-refractivity contribution in [1.29, 1.82) is 0 Å². The van der Waals surface area contributed by atoms with Gasteiger partial charge in [0.1, 0.15) is 10.9 Å². The van der Waals surface area contributed by atoms with Crippen LogP contribution in [-0.4, -0.2) is 17.7 Å². The van der Waals surface area contributed by atoms with E-state index in [0.29, 0.717) is 37.6 Å². The molecule has 0 aromatic heterocycles. The van der Waals surface area contributed by atoms with E-state index in [1.54, 1.807) is 66.7 Å². The van der Waals surface area contributed by atoms with Crippen LogP contribution in [0.4, 0.5) is 11.4 Å². The Kier molecular flexibility index (Phi) is 11.4. The largest absolute Gasteiger partial charge is 0.325 e. The number of hydrogen-bond acceptors (Lipinski definition) is 4. The molecule has 0 saturated carbocycles. The number of carbonyl (C=O) groups is 3. The first-order valence-electron chi connectivity index (χ1n) is 14.4. The number of benzene rings is 5. The van der Waals surface area contributed by atoms with Crippen molar-refractivity contribution < 1.29 is 14.4 Å². The zero-order chi connectivity index (χ0) is 33.3. The Morgan fingerprint density at radius 3 is 2.02 bits per heavy atom. The molecular formula is C37H28Cl3N3O3S. The van der Waals surface area contributed by atoms with Crippen molar-refractivity contribution >= 4 is 81.7 Å². The number of amides is 3. The summed E-state index contributed by atoms with van der Waals surface area (Å²) in [6.07, 6.45) is 1.49. The van der Waals surface area contributed by atoms with Gasteiger partial charge in [0, 0.05) is 36.9 Å². The van der Waals surface area contributed by atoms with Gasteiger partial charge in [0.15, 0.2) is 0 Å². The molecule has 47 heavy (non-hydrogen) atoms. The third kappa shape index (κ3) is 9.27. The van der Waals surface area contributed by atoms with Gasteiger partial charge in [0.05, 0.1) is 0 Å². The van der Waals surface area contributed by atoms with E-state index < -0.39 is 17.1 Å². The normalized spacial score (nSPS) is 11.8. The SMILES string of the molecule is Cc1ccc(NC(=O)C(Sc2ccc(NC(=O)/C(=C/c3ccc(Cl)cc3Cl)NC(=O)c3ccccc3)cc2)c2ccccc2)cc1Cl. The van der Waals surface area contributed by atoms with Crippen LogP contribution in [0.25, 0.3) is 6.08 Å². The molecule has 3 amide bonds. The van der Waals surface area contributed by atoms with Crippen LogP contribution in [0.2, 0.25) is 15.1 Å². The molecule has 0 bridgehead atoms. The van der Waals surface area contributed by atoms with Crippen molar-refractivity contribution in [3.8, 4) is 0 Å². The highest BCUT2D eigenvalue weighted by atomic mass is 35.5. The molecule has 0 aliphatic carbocycles. The molecule has 236 valence electrons. The first-order chi connectivity index (χ1) is 22.7. The van der Waals surface area contributed by atoms with Crippen LogP contribution in [0.3, 0.4) is 0 Å². The van der Waals surface area contributed by atoms with E-state index in [9.17, 15) is 14.4 Å². The van der Waals surface area contributed by atoms with Crippen LogP contribution in [-0.2, 0) is 9.59 Å². The molecule has 0 radical (unpaired) electrons. The molecule has 0 spiro atoms. The Bertz CT molecular complexity index is 1940. The van der Waals surface area contributed by atoms with Gasteiger partial charge in [-0.25, -0.2) is 0 Å². The van der Waals surface area contributed by atoms with Crippen molar-refractivity contribution in [3.63, 3.8) is 0 Å². The summed E-state index contributed by atoms with van der Waals surface area (Å²) in [6, 6.07) is 35.4. The first kappa shape index (κ1) is 33.8. The average Bonchev–Trinajstić information content (AvgIpc) is 3.07. The predicted octanol–water partition coefficient (Wildman–Crippen LogP) is 9.84. The minimum atomic E-state index is -0.566. The zero-order valence-corrected chi connectivity index (χ0v) is 28.1. The fraction of sp³-hybridized carbons (Fsp3) is 0.0541. The molecule has 6 nitrogen and oxygen atoms in total. The van der Waals surface area contributed by atoms with Gasteiger partial charge < -0.3 is 16.0 Å². The number of halogens is 3. The number of rotatable bonds is 10. The van der Waals surface area contributed by atoms with Gasteiger partial charge in [-0.2, -0.15) is 0 Å². The van der Waals surface area contributed by atoms with Crippen LogP contribution in [0.5, 0.6) is 0 Å². The Hall–Kier alpha value is -4.53. The number of carbonyl (C=O) groups excluding carboxylic acids is 3. The molecule has 5 rings (SSSR count). The monoisotopic (exact) mass is 699 g/mol. The van der Waals surface area contributed by atoms with Crippen molar-refractivity contribution in [2.24, 2.45) is 0 Å². The Morgan fingerprint density at radius 2 is 1.36 bits per heavy atom. The van der Waals surface area contributed by atoms with Gasteiger partial charge in [0.25, 0.3) is 11.8 Å². The van der Waals surface area contributed by atoms with E-state index in [0.717, 1.165) is 16.0 Å². The zero-order valence-electron chi connectivity index (χ0n) is 25.0. The number of thioether (sulfide) groups is 1. The lowest BCUT2D eigenvalue weighted by atomic mass is 10.1. The van der Waals surface area contributed by atoms with E-state index >= 15 is 0 Å². The maximum Gasteiger partial charge on any atom is 0.272 e. The van der Waals surface area contributed by atoms with Crippen LogP contribution >= 0.6 is 46.6 Å². The number of hydrogen-bond donors (Lipinski definition) is 3. The molecule has 0 fully saturated rings. The van der Waals surface area contributed by atoms with Gasteiger partial charge in [-0.1, -0.05) is 95.5 Å². The molecular weight excluding hydrogens is 673 g/mol. The van der Waals surface area contributed by atoms with E-state index in [-0.39, 0.29) is 11.6 Å². The summed E-state index contributed by atoms with van der Waals surface area (Å²) >= 11 is 20.1. The summed E-state index contributed by atoms with van der Waals surface area (Å²) in [5.74, 6) is -1.22. The summed E-state index contributed by atoms with van der Waals surface area (Å²) in [5, 5.41) is 9.27. The molecule has 5 aromatic rings. The van der Waals surface area contributed by atoms with E-state index in [1.165, 1.54) is 17.8 Å². The molecule has 0 saturated heterocycles. The summed E-state index contributed by atoms with van der Waals surface area (Å²) < 4.78 is 0. The van der Waals surface area contributed by atoms with Crippen molar-refractivity contribution in [2.45, 2.75) is 17.1 Å². The lowest BCUT2D eigenvalue weighted by Crippen LogP contribution is -2.30. The fourth-order valence-corrected chi connectivity index (χ4v) is 6.12. The molecule has 0 heterocycles. The van der Waals surface area contributed by atoms with Gasteiger partial charge >= 0.3 is 0 Å². The fourth-order valence-electron chi connectivity index (χ4n) is 4.45. The minimum absolute atomic E-state index is 0.0152. The molecule has 0 aliphatic rings. The van der Waals surface area contributed by atoms with Crippen LogP contribution in [0, 0.1) is 6.92 Å².